The molecule has 0 atom stereocenters. The molecule has 1 aliphatic rings. The van der Waals surface area contributed by atoms with Crippen LogP contribution in [0, 0.1) is 0 Å². The van der Waals surface area contributed by atoms with E-state index in [-0.39, 0.29) is 6.54 Å². The summed E-state index contributed by atoms with van der Waals surface area (Å²) in [5.74, 6) is -0.639. The van der Waals surface area contributed by atoms with E-state index in [0.717, 1.165) is 41.4 Å². The molecular formula is C17H20N4O3S. The number of nitrogens with one attached hydrogen (secondary N) is 2. The van der Waals surface area contributed by atoms with Crippen LogP contribution in [0.4, 0.5) is 5.13 Å². The molecule has 1 aromatic heterocycles. The number of nitrogens with zero attached hydrogens (tertiary/aromatic N) is 2. The number of thiazole rings is 1. The van der Waals surface area contributed by atoms with E-state index in [1.54, 1.807) is 19.2 Å². The van der Waals surface area contributed by atoms with Crippen molar-refractivity contribution in [1.82, 2.24) is 15.2 Å². The van der Waals surface area contributed by atoms with E-state index in [4.69, 9.17) is 4.74 Å². The third-order valence-corrected chi connectivity index (χ3v) is 4.96. The number of carbonyl (C=O) groups excluding carboxylic acids is 2. The van der Waals surface area contributed by atoms with Crippen LogP contribution in [-0.4, -0.2) is 42.4 Å². The van der Waals surface area contributed by atoms with Crippen molar-refractivity contribution in [2.75, 3.05) is 26.0 Å². The van der Waals surface area contributed by atoms with Crippen molar-refractivity contribution >= 4 is 28.3 Å². The number of likely N-dealkylation sites (N-methyl/N-ethyl adjacent to an activating group) is 1. The van der Waals surface area contributed by atoms with Crippen molar-refractivity contribution in [2.24, 2.45) is 0 Å². The molecular weight excluding hydrogens is 340 g/mol. The number of anilines is 1. The van der Waals surface area contributed by atoms with Crippen LogP contribution in [0.1, 0.15) is 16.1 Å². The number of fused-ring (bicyclic) bond motifs is 1. The highest BCUT2D eigenvalue weighted by Crippen LogP contribution is 2.27. The molecule has 8 heteroatoms. The summed E-state index contributed by atoms with van der Waals surface area (Å²) in [4.78, 5) is 31.7. The van der Waals surface area contributed by atoms with Crippen molar-refractivity contribution in [3.05, 3.63) is 40.4 Å². The summed E-state index contributed by atoms with van der Waals surface area (Å²) in [5, 5.41) is 5.66. The van der Waals surface area contributed by atoms with Crippen LogP contribution in [0.2, 0.25) is 0 Å². The molecule has 0 radical (unpaired) electrons. The number of carbonyl (C=O) groups is 2. The maximum Gasteiger partial charge on any atom is 0.315 e. The number of hydrogen-bond acceptors (Lipinski definition) is 6. The molecule has 7 nitrogen and oxygen atoms in total. The first kappa shape index (κ1) is 17.4. The predicted molar refractivity (Wildman–Crippen MR) is 95.6 cm³/mol. The first-order valence-electron chi connectivity index (χ1n) is 7.94. The number of ether oxygens (including phenoxy) is 1. The molecule has 0 saturated carbocycles. The normalized spacial score (nSPS) is 13.8. The van der Waals surface area contributed by atoms with Gasteiger partial charge in [0.15, 0.2) is 5.13 Å². The van der Waals surface area contributed by atoms with E-state index < -0.39 is 11.8 Å². The molecule has 2 amide bonds. The molecule has 0 spiro atoms. The maximum atomic E-state index is 12.0. The van der Waals surface area contributed by atoms with Crippen LogP contribution in [0.15, 0.2) is 24.3 Å². The number of methoxy groups -OCH3 is 1. The average Bonchev–Trinajstić information content (AvgIpc) is 3.01. The monoisotopic (exact) mass is 360 g/mol. The quantitative estimate of drug-likeness (QED) is 0.805. The lowest BCUT2D eigenvalue weighted by atomic mass is 10.2. The van der Waals surface area contributed by atoms with Crippen molar-refractivity contribution in [3.8, 4) is 5.75 Å². The van der Waals surface area contributed by atoms with E-state index in [1.807, 2.05) is 19.2 Å². The SMILES string of the molecule is COc1ccc(CNC(=O)C(=O)Nc2nc3c(s2)CN(C)CC3)cc1. The summed E-state index contributed by atoms with van der Waals surface area (Å²) in [5.41, 5.74) is 1.90. The molecule has 1 aliphatic heterocycles. The van der Waals surface area contributed by atoms with E-state index in [2.05, 4.69) is 20.5 Å². The molecule has 0 aliphatic carbocycles. The fraction of sp³-hybridized carbons (Fsp3) is 0.353. The average molecular weight is 360 g/mol. The second kappa shape index (κ2) is 7.62. The first-order valence-corrected chi connectivity index (χ1v) is 8.76. The molecule has 0 saturated heterocycles. The third-order valence-electron chi connectivity index (χ3n) is 3.96. The van der Waals surface area contributed by atoms with Gasteiger partial charge in [0.05, 0.1) is 12.8 Å². The molecule has 2 N–H and O–H groups in total. The molecule has 25 heavy (non-hydrogen) atoms. The Kier molecular flexibility index (Phi) is 5.30. The number of benzene rings is 1. The molecule has 3 rings (SSSR count). The Morgan fingerprint density at radius 2 is 2.04 bits per heavy atom. The van der Waals surface area contributed by atoms with Crippen molar-refractivity contribution in [2.45, 2.75) is 19.5 Å². The predicted octanol–water partition coefficient (Wildman–Crippen LogP) is 1.39. The molecule has 0 bridgehead atoms. The first-order chi connectivity index (χ1) is 12.0. The lowest BCUT2D eigenvalue weighted by Crippen LogP contribution is -2.34. The van der Waals surface area contributed by atoms with Crippen LogP contribution >= 0.6 is 11.3 Å². The van der Waals surface area contributed by atoms with Gasteiger partial charge in [-0.3, -0.25) is 14.9 Å². The summed E-state index contributed by atoms with van der Waals surface area (Å²) in [6.07, 6.45) is 0.863. The summed E-state index contributed by atoms with van der Waals surface area (Å²) in [6, 6.07) is 7.28. The molecule has 2 heterocycles. The van der Waals surface area contributed by atoms with Gasteiger partial charge in [-0.2, -0.15) is 0 Å². The second-order valence-corrected chi connectivity index (χ2v) is 6.95. The Bertz CT molecular complexity index is 773. The summed E-state index contributed by atoms with van der Waals surface area (Å²) in [6.45, 7) is 2.05. The minimum absolute atomic E-state index is 0.273. The number of amides is 2. The third kappa shape index (κ3) is 4.34. The smallest absolute Gasteiger partial charge is 0.315 e. The molecule has 0 unspecified atom stereocenters. The van der Waals surface area contributed by atoms with E-state index in [1.165, 1.54) is 11.3 Å². The van der Waals surface area contributed by atoms with Gasteiger partial charge in [-0.25, -0.2) is 4.98 Å². The van der Waals surface area contributed by atoms with Gasteiger partial charge in [-0.05, 0) is 24.7 Å². The van der Waals surface area contributed by atoms with Crippen LogP contribution < -0.4 is 15.4 Å². The van der Waals surface area contributed by atoms with Crippen LogP contribution in [-0.2, 0) is 29.1 Å². The zero-order chi connectivity index (χ0) is 17.8. The van der Waals surface area contributed by atoms with Gasteiger partial charge < -0.3 is 15.0 Å². The number of aromatic nitrogens is 1. The van der Waals surface area contributed by atoms with Crippen LogP contribution in [0.5, 0.6) is 5.75 Å². The highest BCUT2D eigenvalue weighted by atomic mass is 32.1. The van der Waals surface area contributed by atoms with Crippen molar-refractivity contribution in [3.63, 3.8) is 0 Å². The molecule has 0 fully saturated rings. The van der Waals surface area contributed by atoms with Gasteiger partial charge in [0.2, 0.25) is 0 Å². The van der Waals surface area contributed by atoms with Crippen LogP contribution in [0.25, 0.3) is 0 Å². The zero-order valence-electron chi connectivity index (χ0n) is 14.2. The summed E-state index contributed by atoms with van der Waals surface area (Å²) < 4.78 is 5.08. The minimum atomic E-state index is -0.701. The fourth-order valence-corrected chi connectivity index (χ4v) is 3.62. The number of rotatable bonds is 4. The molecule has 1 aromatic carbocycles. The van der Waals surface area contributed by atoms with Crippen molar-refractivity contribution < 1.29 is 14.3 Å². The Morgan fingerprint density at radius 1 is 1.28 bits per heavy atom. The van der Waals surface area contributed by atoms with Gasteiger partial charge in [-0.15, -0.1) is 11.3 Å². The minimum Gasteiger partial charge on any atom is -0.497 e. The highest BCUT2D eigenvalue weighted by molar-refractivity contribution is 7.16. The highest BCUT2D eigenvalue weighted by Gasteiger charge is 2.21. The molecule has 132 valence electrons. The lowest BCUT2D eigenvalue weighted by molar-refractivity contribution is -0.136. The second-order valence-electron chi connectivity index (χ2n) is 5.86. The standard InChI is InChI=1S/C17H20N4O3S/c1-21-8-7-13-14(10-21)25-17(19-13)20-16(23)15(22)18-9-11-3-5-12(24-2)6-4-11/h3-6H,7-10H2,1-2H3,(H,18,22)(H,19,20,23). The van der Waals surface area contributed by atoms with Gasteiger partial charge in [0.25, 0.3) is 0 Å². The lowest BCUT2D eigenvalue weighted by Gasteiger charge is -2.20. The van der Waals surface area contributed by atoms with Gasteiger partial charge >= 0.3 is 11.8 Å². The Labute approximate surface area is 150 Å². The Balaban J connectivity index is 1.53. The topological polar surface area (TPSA) is 83.6 Å². The fourth-order valence-electron chi connectivity index (χ4n) is 2.54. The Morgan fingerprint density at radius 3 is 2.76 bits per heavy atom. The van der Waals surface area contributed by atoms with Crippen LogP contribution in [0.3, 0.4) is 0 Å². The summed E-state index contributed by atoms with van der Waals surface area (Å²) >= 11 is 1.42. The zero-order valence-corrected chi connectivity index (χ0v) is 15.0. The van der Waals surface area contributed by atoms with E-state index in [0.29, 0.717) is 5.13 Å². The van der Waals surface area contributed by atoms with Gasteiger partial charge in [-0.1, -0.05) is 12.1 Å². The van der Waals surface area contributed by atoms with Crippen molar-refractivity contribution in [1.29, 1.82) is 0 Å². The summed E-state index contributed by atoms with van der Waals surface area (Å²) in [7, 11) is 3.64. The maximum absolute atomic E-state index is 12.0. The largest absolute Gasteiger partial charge is 0.497 e. The van der Waals surface area contributed by atoms with Gasteiger partial charge in [0.1, 0.15) is 5.75 Å². The van der Waals surface area contributed by atoms with Gasteiger partial charge in [0, 0.05) is 30.9 Å². The number of hydrogen-bond donors (Lipinski definition) is 2. The van der Waals surface area contributed by atoms with E-state index >= 15 is 0 Å². The Hall–Kier alpha value is -2.45. The van der Waals surface area contributed by atoms with E-state index in [9.17, 15) is 9.59 Å². The molecule has 2 aromatic rings.